The molecule has 0 N–H and O–H groups in total. The van der Waals surface area contributed by atoms with Gasteiger partial charge in [0, 0.05) is 37.2 Å². The smallest absolute Gasteiger partial charge is 0.255 e. The van der Waals surface area contributed by atoms with E-state index in [-0.39, 0.29) is 5.91 Å². The molecule has 26 heavy (non-hydrogen) atoms. The Bertz CT molecular complexity index is 739. The molecule has 0 bridgehead atoms. The summed E-state index contributed by atoms with van der Waals surface area (Å²) in [6.07, 6.45) is 0.953. The summed E-state index contributed by atoms with van der Waals surface area (Å²) in [5.41, 5.74) is 0.584. The van der Waals surface area contributed by atoms with E-state index in [1.54, 1.807) is 12.1 Å². The number of hydrogen-bond donors (Lipinski definition) is 0. The largest absolute Gasteiger partial charge is 0.492 e. The van der Waals surface area contributed by atoms with Crippen LogP contribution >= 0.6 is 27.5 Å². The summed E-state index contributed by atoms with van der Waals surface area (Å²) < 4.78 is 6.85. The van der Waals surface area contributed by atoms with Crippen LogP contribution in [0, 0.1) is 0 Å². The van der Waals surface area contributed by atoms with Crippen LogP contribution in [-0.2, 0) is 0 Å². The second kappa shape index (κ2) is 9.40. The molecule has 138 valence electrons. The number of amides is 1. The third-order valence-electron chi connectivity index (χ3n) is 4.47. The maximum atomic E-state index is 12.7. The molecule has 3 rings (SSSR count). The Balaban J connectivity index is 1.48. The van der Waals surface area contributed by atoms with E-state index in [1.165, 1.54) is 0 Å². The van der Waals surface area contributed by atoms with Gasteiger partial charge >= 0.3 is 0 Å². The van der Waals surface area contributed by atoms with Crippen LogP contribution in [0.1, 0.15) is 16.8 Å². The Hall–Kier alpha value is -1.56. The lowest BCUT2D eigenvalue weighted by Crippen LogP contribution is -2.36. The van der Waals surface area contributed by atoms with E-state index in [0.29, 0.717) is 23.7 Å². The van der Waals surface area contributed by atoms with Crippen LogP contribution in [0.2, 0.25) is 5.02 Å². The Kier molecular flexibility index (Phi) is 6.94. The molecule has 1 amide bonds. The van der Waals surface area contributed by atoms with E-state index in [0.717, 1.165) is 42.8 Å². The predicted molar refractivity (Wildman–Crippen MR) is 108 cm³/mol. The first kappa shape index (κ1) is 19.2. The molecule has 6 heteroatoms. The Labute approximate surface area is 167 Å². The highest BCUT2D eigenvalue weighted by Gasteiger charge is 2.21. The van der Waals surface area contributed by atoms with Crippen molar-refractivity contribution in [2.24, 2.45) is 0 Å². The topological polar surface area (TPSA) is 32.8 Å². The molecule has 0 saturated carbocycles. The summed E-state index contributed by atoms with van der Waals surface area (Å²) in [5.74, 6) is 0.891. The van der Waals surface area contributed by atoms with Gasteiger partial charge in [0.25, 0.3) is 5.91 Å². The summed E-state index contributed by atoms with van der Waals surface area (Å²) in [5, 5.41) is 0.515. The van der Waals surface area contributed by atoms with E-state index in [2.05, 4.69) is 20.8 Å². The van der Waals surface area contributed by atoms with Crippen LogP contribution in [0.15, 0.2) is 53.0 Å². The average Bonchev–Trinajstić information content (AvgIpc) is 2.89. The van der Waals surface area contributed by atoms with E-state index in [4.69, 9.17) is 16.3 Å². The van der Waals surface area contributed by atoms with E-state index >= 15 is 0 Å². The highest BCUT2D eigenvalue weighted by atomic mass is 79.9. The standard InChI is InChI=1S/C20H22BrClN2O2/c21-16-6-8-17(9-7-16)26-15-14-23-10-3-11-24(13-12-23)20(25)18-4-1-2-5-19(18)22/h1-2,4-9H,3,10-15H2. The molecule has 1 heterocycles. The number of carbonyl (C=O) groups excluding carboxylic acids is 1. The second-order valence-corrected chi connectivity index (χ2v) is 7.59. The third-order valence-corrected chi connectivity index (χ3v) is 5.33. The fourth-order valence-corrected chi connectivity index (χ4v) is 3.51. The van der Waals surface area contributed by atoms with Gasteiger partial charge in [0.15, 0.2) is 0 Å². The third kappa shape index (κ3) is 5.22. The molecule has 0 aliphatic carbocycles. The highest BCUT2D eigenvalue weighted by molar-refractivity contribution is 9.10. The van der Waals surface area contributed by atoms with Crippen molar-refractivity contribution in [3.8, 4) is 5.75 Å². The predicted octanol–water partition coefficient (Wildman–Crippen LogP) is 4.33. The minimum Gasteiger partial charge on any atom is -0.492 e. The summed E-state index contributed by atoms with van der Waals surface area (Å²) in [7, 11) is 0. The number of nitrogens with zero attached hydrogens (tertiary/aromatic N) is 2. The first-order chi connectivity index (χ1) is 12.6. The van der Waals surface area contributed by atoms with Crippen molar-refractivity contribution >= 4 is 33.4 Å². The van der Waals surface area contributed by atoms with Crippen molar-refractivity contribution in [3.05, 3.63) is 63.6 Å². The van der Waals surface area contributed by atoms with Crippen LogP contribution < -0.4 is 4.74 Å². The van der Waals surface area contributed by atoms with Crippen LogP contribution in [0.3, 0.4) is 0 Å². The molecule has 0 aromatic heterocycles. The molecule has 0 atom stereocenters. The van der Waals surface area contributed by atoms with Gasteiger partial charge in [-0.25, -0.2) is 0 Å². The SMILES string of the molecule is O=C(c1ccccc1Cl)N1CCCN(CCOc2ccc(Br)cc2)CC1. The number of hydrogen-bond acceptors (Lipinski definition) is 3. The maximum absolute atomic E-state index is 12.7. The molecule has 2 aromatic carbocycles. The van der Waals surface area contributed by atoms with Crippen molar-refractivity contribution in [1.29, 1.82) is 0 Å². The molecule has 0 spiro atoms. The van der Waals surface area contributed by atoms with Gasteiger partial charge in [-0.3, -0.25) is 9.69 Å². The van der Waals surface area contributed by atoms with Crippen LogP contribution in [0.4, 0.5) is 0 Å². The van der Waals surface area contributed by atoms with Gasteiger partial charge < -0.3 is 9.64 Å². The normalized spacial score (nSPS) is 15.5. The summed E-state index contributed by atoms with van der Waals surface area (Å²) in [6.45, 7) is 4.77. The monoisotopic (exact) mass is 436 g/mol. The van der Waals surface area contributed by atoms with Gasteiger partial charge in [0.1, 0.15) is 12.4 Å². The van der Waals surface area contributed by atoms with Gasteiger partial charge in [0.05, 0.1) is 10.6 Å². The van der Waals surface area contributed by atoms with Gasteiger partial charge in [0.2, 0.25) is 0 Å². The first-order valence-corrected chi connectivity index (χ1v) is 9.95. The minimum atomic E-state index is 0.0172. The summed E-state index contributed by atoms with van der Waals surface area (Å²) in [4.78, 5) is 16.9. The molecule has 2 aromatic rings. The summed E-state index contributed by atoms with van der Waals surface area (Å²) in [6, 6.07) is 15.1. The zero-order valence-electron chi connectivity index (χ0n) is 14.5. The molecular weight excluding hydrogens is 416 g/mol. The van der Waals surface area contributed by atoms with E-state index < -0.39 is 0 Å². The average molecular weight is 438 g/mol. The van der Waals surface area contributed by atoms with Gasteiger partial charge in [-0.05, 0) is 42.8 Å². The molecule has 1 saturated heterocycles. The Morgan fingerprint density at radius 1 is 1.04 bits per heavy atom. The summed E-state index contributed by atoms with van der Waals surface area (Å²) >= 11 is 9.59. The van der Waals surface area contributed by atoms with Crippen molar-refractivity contribution in [3.63, 3.8) is 0 Å². The first-order valence-electron chi connectivity index (χ1n) is 8.78. The number of carbonyl (C=O) groups is 1. The van der Waals surface area contributed by atoms with Gasteiger partial charge in [-0.15, -0.1) is 0 Å². The molecule has 0 radical (unpaired) electrons. The highest BCUT2D eigenvalue weighted by Crippen LogP contribution is 2.18. The zero-order valence-corrected chi connectivity index (χ0v) is 16.9. The van der Waals surface area contributed by atoms with Crippen molar-refractivity contribution < 1.29 is 9.53 Å². The van der Waals surface area contributed by atoms with Crippen molar-refractivity contribution in [1.82, 2.24) is 9.80 Å². The van der Waals surface area contributed by atoms with Gasteiger partial charge in [-0.2, -0.15) is 0 Å². The number of benzene rings is 2. The number of halogens is 2. The minimum absolute atomic E-state index is 0.0172. The lowest BCUT2D eigenvalue weighted by Gasteiger charge is -2.22. The quantitative estimate of drug-likeness (QED) is 0.698. The fraction of sp³-hybridized carbons (Fsp3) is 0.350. The zero-order chi connectivity index (χ0) is 18.4. The maximum Gasteiger partial charge on any atom is 0.255 e. The lowest BCUT2D eigenvalue weighted by molar-refractivity contribution is 0.0761. The van der Waals surface area contributed by atoms with Crippen LogP contribution in [0.5, 0.6) is 5.75 Å². The second-order valence-electron chi connectivity index (χ2n) is 6.27. The molecule has 4 nitrogen and oxygen atoms in total. The molecule has 0 unspecified atom stereocenters. The van der Waals surface area contributed by atoms with Crippen LogP contribution in [0.25, 0.3) is 0 Å². The fourth-order valence-electron chi connectivity index (χ4n) is 3.03. The lowest BCUT2D eigenvalue weighted by atomic mass is 10.2. The van der Waals surface area contributed by atoms with Gasteiger partial charge in [-0.1, -0.05) is 39.7 Å². The van der Waals surface area contributed by atoms with Crippen molar-refractivity contribution in [2.45, 2.75) is 6.42 Å². The number of ether oxygens (including phenoxy) is 1. The molecule has 1 aliphatic rings. The number of rotatable bonds is 5. The van der Waals surface area contributed by atoms with E-state index in [9.17, 15) is 4.79 Å². The molecule has 1 aliphatic heterocycles. The Morgan fingerprint density at radius 2 is 1.81 bits per heavy atom. The van der Waals surface area contributed by atoms with Crippen molar-refractivity contribution in [2.75, 3.05) is 39.3 Å². The molecule has 1 fully saturated rings. The van der Waals surface area contributed by atoms with E-state index in [1.807, 2.05) is 41.3 Å². The Morgan fingerprint density at radius 3 is 2.58 bits per heavy atom. The van der Waals surface area contributed by atoms with Crippen LogP contribution in [-0.4, -0.2) is 55.0 Å². The molecular formula is C20H22BrClN2O2.